The predicted octanol–water partition coefficient (Wildman–Crippen LogP) is 2.58. The van der Waals surface area contributed by atoms with Crippen LogP contribution in [0.25, 0.3) is 12.2 Å². The highest BCUT2D eigenvalue weighted by molar-refractivity contribution is 5.52. The molecule has 18 heavy (non-hydrogen) atoms. The number of aliphatic hydroxyl groups excluding tert-OH is 2. The van der Waals surface area contributed by atoms with E-state index in [1.807, 2.05) is 0 Å². The van der Waals surface area contributed by atoms with E-state index in [4.69, 9.17) is 19.0 Å². The van der Waals surface area contributed by atoms with Gasteiger partial charge in [-0.25, -0.2) is 0 Å². The summed E-state index contributed by atoms with van der Waals surface area (Å²) in [6, 6.07) is 7.02. The first-order chi connectivity index (χ1) is 8.81. The van der Waals surface area contributed by atoms with Crippen molar-refractivity contribution in [3.63, 3.8) is 0 Å². The minimum atomic E-state index is -0.0972. The molecule has 0 bridgehead atoms. The van der Waals surface area contributed by atoms with Crippen molar-refractivity contribution in [2.75, 3.05) is 0 Å². The minimum Gasteiger partial charge on any atom is -0.459 e. The molecule has 2 aromatic rings. The van der Waals surface area contributed by atoms with Crippen molar-refractivity contribution in [1.29, 1.82) is 0 Å². The van der Waals surface area contributed by atoms with Crippen LogP contribution in [0.1, 0.15) is 23.0 Å². The SMILES string of the molecule is OCc1ccc(/C=C/C=C/c2ccc(CO)o2)o1. The van der Waals surface area contributed by atoms with Crippen molar-refractivity contribution in [2.24, 2.45) is 0 Å². The molecular weight excluding hydrogens is 232 g/mol. The Labute approximate surface area is 104 Å². The van der Waals surface area contributed by atoms with E-state index >= 15 is 0 Å². The van der Waals surface area contributed by atoms with Crippen LogP contribution in [0.15, 0.2) is 45.3 Å². The summed E-state index contributed by atoms with van der Waals surface area (Å²) in [6.07, 6.45) is 7.18. The third-order valence-corrected chi connectivity index (χ3v) is 2.31. The molecule has 4 heteroatoms. The van der Waals surface area contributed by atoms with E-state index in [1.165, 1.54) is 0 Å². The average Bonchev–Trinajstić information content (AvgIpc) is 3.03. The lowest BCUT2D eigenvalue weighted by molar-refractivity contribution is 0.246. The fraction of sp³-hybridized carbons (Fsp3) is 0.143. The lowest BCUT2D eigenvalue weighted by Gasteiger charge is -1.86. The standard InChI is InChI=1S/C14H14O4/c15-9-13-7-5-11(17-13)3-1-2-4-12-6-8-14(10-16)18-12/h1-8,15-16H,9-10H2/b3-1+,4-2+. The van der Waals surface area contributed by atoms with E-state index in [-0.39, 0.29) is 13.2 Å². The molecule has 0 aliphatic heterocycles. The molecule has 2 N–H and O–H groups in total. The fourth-order valence-corrected chi connectivity index (χ4v) is 1.44. The van der Waals surface area contributed by atoms with Crippen molar-refractivity contribution >= 4 is 12.2 Å². The van der Waals surface area contributed by atoms with Crippen LogP contribution in [0.2, 0.25) is 0 Å². The maximum Gasteiger partial charge on any atom is 0.130 e. The second-order valence-corrected chi connectivity index (χ2v) is 3.64. The van der Waals surface area contributed by atoms with Gasteiger partial charge in [0, 0.05) is 0 Å². The normalized spacial score (nSPS) is 11.9. The second kappa shape index (κ2) is 6.05. The zero-order valence-electron chi connectivity index (χ0n) is 9.74. The topological polar surface area (TPSA) is 66.7 Å². The van der Waals surface area contributed by atoms with Crippen LogP contribution in [0, 0.1) is 0 Å². The van der Waals surface area contributed by atoms with E-state index in [9.17, 15) is 0 Å². The smallest absolute Gasteiger partial charge is 0.130 e. The minimum absolute atomic E-state index is 0.0972. The van der Waals surface area contributed by atoms with E-state index in [0.717, 1.165) is 0 Å². The predicted molar refractivity (Wildman–Crippen MR) is 67.3 cm³/mol. The molecule has 2 rings (SSSR count). The van der Waals surface area contributed by atoms with E-state index in [0.29, 0.717) is 23.0 Å². The van der Waals surface area contributed by atoms with Gasteiger partial charge >= 0.3 is 0 Å². The van der Waals surface area contributed by atoms with Gasteiger partial charge < -0.3 is 19.0 Å². The molecule has 2 heterocycles. The molecule has 4 nitrogen and oxygen atoms in total. The number of furan rings is 2. The Bertz CT molecular complexity index is 495. The Hall–Kier alpha value is -2.04. The van der Waals surface area contributed by atoms with Gasteiger partial charge in [-0.05, 0) is 36.4 Å². The first kappa shape index (κ1) is 12.4. The molecule has 0 radical (unpaired) electrons. The van der Waals surface area contributed by atoms with Crippen molar-refractivity contribution < 1.29 is 19.0 Å². The number of rotatable bonds is 5. The highest BCUT2D eigenvalue weighted by atomic mass is 16.4. The van der Waals surface area contributed by atoms with Crippen LogP contribution in [0.3, 0.4) is 0 Å². The van der Waals surface area contributed by atoms with Gasteiger partial charge in [0.25, 0.3) is 0 Å². The second-order valence-electron chi connectivity index (χ2n) is 3.64. The maximum atomic E-state index is 8.83. The molecule has 2 aromatic heterocycles. The number of hydrogen-bond acceptors (Lipinski definition) is 4. The molecule has 0 atom stereocenters. The van der Waals surface area contributed by atoms with Crippen molar-refractivity contribution in [3.05, 3.63) is 59.5 Å². The largest absolute Gasteiger partial charge is 0.459 e. The Morgan fingerprint density at radius 1 is 0.778 bits per heavy atom. The van der Waals surface area contributed by atoms with E-state index in [2.05, 4.69) is 0 Å². The summed E-state index contributed by atoms with van der Waals surface area (Å²) in [5.74, 6) is 2.44. The van der Waals surface area contributed by atoms with Gasteiger partial charge in [-0.15, -0.1) is 0 Å². The average molecular weight is 246 g/mol. The van der Waals surface area contributed by atoms with E-state index in [1.54, 1.807) is 48.6 Å². The molecule has 0 saturated heterocycles. The molecular formula is C14H14O4. The van der Waals surface area contributed by atoms with Crippen molar-refractivity contribution in [1.82, 2.24) is 0 Å². The van der Waals surface area contributed by atoms with Crippen LogP contribution in [0.5, 0.6) is 0 Å². The Balaban J connectivity index is 1.94. The summed E-state index contributed by atoms with van der Waals surface area (Å²) >= 11 is 0. The maximum absolute atomic E-state index is 8.83. The van der Waals surface area contributed by atoms with E-state index < -0.39 is 0 Å². The van der Waals surface area contributed by atoms with Gasteiger partial charge in [0.15, 0.2) is 0 Å². The summed E-state index contributed by atoms with van der Waals surface area (Å²) in [4.78, 5) is 0. The third-order valence-electron chi connectivity index (χ3n) is 2.31. The molecule has 0 aliphatic carbocycles. The Morgan fingerprint density at radius 2 is 1.22 bits per heavy atom. The van der Waals surface area contributed by atoms with Gasteiger partial charge in [0.1, 0.15) is 36.3 Å². The van der Waals surface area contributed by atoms with Crippen molar-refractivity contribution in [3.8, 4) is 0 Å². The fourth-order valence-electron chi connectivity index (χ4n) is 1.44. The zero-order chi connectivity index (χ0) is 12.8. The molecule has 0 amide bonds. The monoisotopic (exact) mass is 246 g/mol. The van der Waals surface area contributed by atoms with Crippen LogP contribution >= 0.6 is 0 Å². The molecule has 0 unspecified atom stereocenters. The number of hydrogen-bond donors (Lipinski definition) is 2. The molecule has 0 aliphatic rings. The van der Waals surface area contributed by atoms with Gasteiger partial charge in [-0.2, -0.15) is 0 Å². The van der Waals surface area contributed by atoms with Gasteiger partial charge in [0.05, 0.1) is 0 Å². The first-order valence-corrected chi connectivity index (χ1v) is 5.55. The van der Waals surface area contributed by atoms with Gasteiger partial charge in [-0.3, -0.25) is 0 Å². The molecule has 0 saturated carbocycles. The molecule has 0 spiro atoms. The van der Waals surface area contributed by atoms with Gasteiger partial charge in [-0.1, -0.05) is 12.2 Å². The number of allylic oxidation sites excluding steroid dienone is 2. The van der Waals surface area contributed by atoms with Crippen LogP contribution in [-0.4, -0.2) is 10.2 Å². The molecule has 94 valence electrons. The summed E-state index contributed by atoms with van der Waals surface area (Å²) in [6.45, 7) is -0.194. The van der Waals surface area contributed by atoms with Gasteiger partial charge in [0.2, 0.25) is 0 Å². The number of aliphatic hydroxyl groups is 2. The van der Waals surface area contributed by atoms with Crippen LogP contribution < -0.4 is 0 Å². The van der Waals surface area contributed by atoms with Crippen LogP contribution in [0.4, 0.5) is 0 Å². The van der Waals surface area contributed by atoms with Crippen LogP contribution in [-0.2, 0) is 13.2 Å². The highest BCUT2D eigenvalue weighted by Crippen LogP contribution is 2.11. The Kier molecular flexibility index (Phi) is 4.17. The zero-order valence-corrected chi connectivity index (χ0v) is 9.74. The summed E-state index contributed by atoms with van der Waals surface area (Å²) in [7, 11) is 0. The molecule has 0 fully saturated rings. The Morgan fingerprint density at radius 3 is 1.56 bits per heavy atom. The highest BCUT2D eigenvalue weighted by Gasteiger charge is 1.96. The summed E-state index contributed by atoms with van der Waals surface area (Å²) < 4.78 is 10.6. The third kappa shape index (κ3) is 3.23. The molecule has 0 aromatic carbocycles. The first-order valence-electron chi connectivity index (χ1n) is 5.55. The summed E-state index contributed by atoms with van der Waals surface area (Å²) in [5, 5.41) is 17.7. The lowest BCUT2D eigenvalue weighted by atomic mass is 10.3. The quantitative estimate of drug-likeness (QED) is 0.796. The van der Waals surface area contributed by atoms with Crippen molar-refractivity contribution in [2.45, 2.75) is 13.2 Å². The summed E-state index contributed by atoms with van der Waals surface area (Å²) in [5.41, 5.74) is 0. The lowest BCUT2D eigenvalue weighted by Crippen LogP contribution is -1.73.